The summed E-state index contributed by atoms with van der Waals surface area (Å²) >= 11 is 1.73. The number of fused-ring (bicyclic) bond motifs is 5. The molecule has 0 aliphatic heterocycles. The van der Waals surface area contributed by atoms with Gasteiger partial charge in [0, 0.05) is 44.7 Å². The zero-order valence-electron chi connectivity index (χ0n) is 35.4. The quantitative estimate of drug-likeness (QED) is 0.161. The Labute approximate surface area is 351 Å². The van der Waals surface area contributed by atoms with Gasteiger partial charge in [0.25, 0.3) is 0 Å². The van der Waals surface area contributed by atoms with Gasteiger partial charge in [-0.1, -0.05) is 116 Å². The molecule has 0 spiro atoms. The van der Waals surface area contributed by atoms with Crippen molar-refractivity contribution in [1.29, 1.82) is 0 Å². The predicted octanol–water partition coefficient (Wildman–Crippen LogP) is 14.2. The van der Waals surface area contributed by atoms with E-state index >= 15 is 0 Å². The minimum Gasteiger partial charge on any atom is -0.498 e. The number of pyridine rings is 2. The molecule has 4 aromatic heterocycles. The van der Waals surface area contributed by atoms with E-state index in [-0.39, 0.29) is 25.5 Å². The van der Waals surface area contributed by atoms with Crippen LogP contribution in [0.4, 0.5) is 0 Å². The van der Waals surface area contributed by atoms with Crippen LogP contribution in [0.1, 0.15) is 95.5 Å². The molecule has 0 aliphatic rings. The number of furan rings is 1. The topological polar surface area (TPSA) is 51.8 Å². The Bertz CT molecular complexity index is 2670. The molecule has 0 saturated carbocycles. The van der Waals surface area contributed by atoms with E-state index in [9.17, 15) is 0 Å². The molecule has 0 bridgehead atoms. The van der Waals surface area contributed by atoms with Gasteiger partial charge in [0.1, 0.15) is 11.1 Å². The van der Waals surface area contributed by atoms with Crippen LogP contribution in [0.3, 0.4) is 0 Å². The Morgan fingerprint density at radius 3 is 2.14 bits per heavy atom. The third-order valence-corrected chi connectivity index (χ3v) is 11.3. The Kier molecular flexibility index (Phi) is 11.5. The number of aryl methyl sites for hydroxylation is 3. The number of rotatable bonds is 5. The molecule has 6 heteroatoms. The number of thiazole rings is 1. The number of hydrogen-bond acceptors (Lipinski definition) is 5. The minimum atomic E-state index is -0.800. The van der Waals surface area contributed by atoms with Crippen molar-refractivity contribution >= 4 is 43.5 Å². The normalized spacial score (nSPS) is 12.4. The summed E-state index contributed by atoms with van der Waals surface area (Å²) in [5, 5.41) is 3.18. The van der Waals surface area contributed by atoms with Crippen LogP contribution in [0.5, 0.6) is 0 Å². The van der Waals surface area contributed by atoms with Crippen LogP contribution in [0.2, 0.25) is 0 Å². The molecule has 289 valence electrons. The van der Waals surface area contributed by atoms with Crippen molar-refractivity contribution in [2.24, 2.45) is 5.41 Å². The first-order valence-corrected chi connectivity index (χ1v) is 19.9. The summed E-state index contributed by atoms with van der Waals surface area (Å²) in [6, 6.07) is 33.8. The molecule has 4 heterocycles. The van der Waals surface area contributed by atoms with Crippen LogP contribution in [0, 0.1) is 38.3 Å². The van der Waals surface area contributed by atoms with Crippen molar-refractivity contribution in [3.8, 4) is 33.6 Å². The molecular weight excluding hydrogens is 883 g/mol. The van der Waals surface area contributed by atoms with Crippen molar-refractivity contribution in [3.63, 3.8) is 0 Å². The second kappa shape index (κ2) is 16.2. The standard InChI is InChI=1S/C33H31N2OS.C17H20N.Ir/c1-18(2)25-17-34-26(16-24(25)28-19(3)10-8-11-20(28)4)23-13-9-12-21-22-14-15-27-29(31(22)36-30(21)23)35-32(37-27)33(5,6)7;1-13-5-8-15(9-6-13)16-10-7-14(12-18-16)11-17(2,3)4;/h8-12,14-18H,1-7H3;5-8,10,12H,11H2,1-4H3;/q2*-1;/i18D;;. The van der Waals surface area contributed by atoms with E-state index in [4.69, 9.17) is 15.8 Å². The Morgan fingerprint density at radius 1 is 0.804 bits per heavy atom. The molecule has 8 rings (SSSR count). The van der Waals surface area contributed by atoms with Gasteiger partial charge >= 0.3 is 0 Å². The molecule has 0 aliphatic carbocycles. The fraction of sp³-hybridized carbons (Fsp3) is 0.300. The summed E-state index contributed by atoms with van der Waals surface area (Å²) in [5.41, 5.74) is 14.4. The van der Waals surface area contributed by atoms with Gasteiger partial charge in [-0.2, -0.15) is 0 Å². The third kappa shape index (κ3) is 8.59. The van der Waals surface area contributed by atoms with Gasteiger partial charge < -0.3 is 14.4 Å². The smallest absolute Gasteiger partial charge is 0.148 e. The predicted molar refractivity (Wildman–Crippen MR) is 233 cm³/mol. The maximum absolute atomic E-state index is 8.83. The molecular formula is C50H51IrN3OS-2. The Balaban J connectivity index is 0.000000244. The maximum atomic E-state index is 8.83. The van der Waals surface area contributed by atoms with Gasteiger partial charge in [0.15, 0.2) is 0 Å². The van der Waals surface area contributed by atoms with Gasteiger partial charge in [-0.25, -0.2) is 4.98 Å². The number of hydrogen-bond donors (Lipinski definition) is 0. The summed E-state index contributed by atoms with van der Waals surface area (Å²) < 4.78 is 16.6. The molecule has 0 atom stereocenters. The van der Waals surface area contributed by atoms with Crippen LogP contribution >= 0.6 is 11.3 Å². The minimum absolute atomic E-state index is 0. The first-order valence-electron chi connectivity index (χ1n) is 19.6. The molecule has 1 radical (unpaired) electrons. The summed E-state index contributed by atoms with van der Waals surface area (Å²) in [6.45, 7) is 23.5. The van der Waals surface area contributed by atoms with E-state index in [2.05, 4.69) is 146 Å². The van der Waals surface area contributed by atoms with E-state index in [1.807, 2.05) is 38.4 Å². The molecule has 0 amide bonds. The van der Waals surface area contributed by atoms with Crippen molar-refractivity contribution < 1.29 is 25.9 Å². The second-order valence-corrected chi connectivity index (χ2v) is 18.2. The molecule has 0 saturated heterocycles. The van der Waals surface area contributed by atoms with Gasteiger partial charge in [-0.15, -0.1) is 64.9 Å². The van der Waals surface area contributed by atoms with Crippen molar-refractivity contribution in [1.82, 2.24) is 15.0 Å². The Morgan fingerprint density at radius 2 is 1.52 bits per heavy atom. The SMILES string of the molecule is Cc1c[c-]c(-c2ccc(CC(C)(C)C)cn2)cc1.[2H]C(C)(C)c1cnc(-c2[c-]ccc3c2oc2c3ccc3sc(C(C)(C)C)nc32)cc1-c1c(C)cccc1C.[Ir]. The van der Waals surface area contributed by atoms with E-state index in [1.165, 1.54) is 22.3 Å². The fourth-order valence-electron chi connectivity index (χ4n) is 7.10. The van der Waals surface area contributed by atoms with E-state index < -0.39 is 5.89 Å². The maximum Gasteiger partial charge on any atom is 0.148 e. The van der Waals surface area contributed by atoms with Crippen molar-refractivity contribution in [3.05, 3.63) is 136 Å². The van der Waals surface area contributed by atoms with Crippen LogP contribution in [-0.4, -0.2) is 15.0 Å². The largest absolute Gasteiger partial charge is 0.498 e. The molecule has 56 heavy (non-hydrogen) atoms. The molecule has 0 unspecified atom stereocenters. The van der Waals surface area contributed by atoms with Crippen molar-refractivity contribution in [2.75, 3.05) is 0 Å². The average Bonchev–Trinajstić information content (AvgIpc) is 3.74. The number of aromatic nitrogens is 3. The third-order valence-electron chi connectivity index (χ3n) is 9.85. The number of nitrogens with zero attached hydrogens (tertiary/aromatic N) is 3. The van der Waals surface area contributed by atoms with E-state index in [1.54, 1.807) is 11.3 Å². The zero-order chi connectivity index (χ0) is 40.2. The summed E-state index contributed by atoms with van der Waals surface area (Å²) in [4.78, 5) is 14.4. The first kappa shape index (κ1) is 39.7. The second-order valence-electron chi connectivity index (χ2n) is 17.2. The molecule has 4 aromatic carbocycles. The van der Waals surface area contributed by atoms with Gasteiger partial charge in [0.2, 0.25) is 0 Å². The summed E-state index contributed by atoms with van der Waals surface area (Å²) in [6.07, 6.45) is 4.89. The summed E-state index contributed by atoms with van der Waals surface area (Å²) in [7, 11) is 0. The first-order chi connectivity index (χ1) is 26.4. The molecule has 0 fully saturated rings. The van der Waals surface area contributed by atoms with Crippen LogP contribution in [0.15, 0.2) is 95.7 Å². The van der Waals surface area contributed by atoms with Crippen LogP contribution in [-0.2, 0) is 31.9 Å². The molecule has 8 aromatic rings. The molecule has 0 N–H and O–H groups in total. The van der Waals surface area contributed by atoms with Gasteiger partial charge in [-0.3, -0.25) is 0 Å². The van der Waals surface area contributed by atoms with E-state index in [0.29, 0.717) is 5.41 Å². The monoisotopic (exact) mass is 935 g/mol. The zero-order valence-corrected chi connectivity index (χ0v) is 37.6. The average molecular weight is 935 g/mol. The Hall–Kier alpha value is -4.48. The molecule has 4 nitrogen and oxygen atoms in total. The van der Waals surface area contributed by atoms with E-state index in [0.717, 1.165) is 82.8 Å². The summed E-state index contributed by atoms with van der Waals surface area (Å²) in [5.74, 6) is -0.800. The van der Waals surface area contributed by atoms with Crippen molar-refractivity contribution in [2.45, 2.75) is 93.9 Å². The number of benzene rings is 4. The van der Waals surface area contributed by atoms with Gasteiger partial charge in [0.05, 0.1) is 15.3 Å². The fourth-order valence-corrected chi connectivity index (χ4v) is 8.12. The van der Waals surface area contributed by atoms with Gasteiger partial charge in [-0.05, 0) is 82.4 Å². The van der Waals surface area contributed by atoms with Crippen LogP contribution in [0.25, 0.3) is 65.8 Å². The van der Waals surface area contributed by atoms with Crippen LogP contribution < -0.4 is 0 Å².